The van der Waals surface area contributed by atoms with Gasteiger partial charge in [0.25, 0.3) is 5.95 Å². The van der Waals surface area contributed by atoms with Gasteiger partial charge in [0, 0.05) is 33.8 Å². The van der Waals surface area contributed by atoms with E-state index in [1.807, 2.05) is 51.1 Å². The van der Waals surface area contributed by atoms with Crippen LogP contribution in [-0.2, 0) is 4.79 Å². The maximum Gasteiger partial charge on any atom is 0.252 e. The van der Waals surface area contributed by atoms with E-state index in [2.05, 4.69) is 36.3 Å². The van der Waals surface area contributed by atoms with Crippen molar-refractivity contribution in [2.75, 3.05) is 5.32 Å². The van der Waals surface area contributed by atoms with Gasteiger partial charge in [-0.25, -0.2) is 9.97 Å². The Bertz CT molecular complexity index is 1010. The van der Waals surface area contributed by atoms with Gasteiger partial charge in [-0.05, 0) is 38.5 Å². The summed E-state index contributed by atoms with van der Waals surface area (Å²) in [6.07, 6.45) is 0.385. The van der Waals surface area contributed by atoms with Gasteiger partial charge in [0.2, 0.25) is 5.91 Å². The van der Waals surface area contributed by atoms with Crippen molar-refractivity contribution in [1.82, 2.24) is 19.7 Å². The zero-order valence-corrected chi connectivity index (χ0v) is 16.3. The molecule has 0 bridgehead atoms. The number of hydrogen-bond donors (Lipinski definition) is 1. The molecule has 0 unspecified atom stereocenters. The summed E-state index contributed by atoms with van der Waals surface area (Å²) in [4.78, 5) is 21.4. The van der Waals surface area contributed by atoms with Crippen LogP contribution in [0.25, 0.3) is 5.95 Å². The van der Waals surface area contributed by atoms with Gasteiger partial charge in [0.1, 0.15) is 5.82 Å². The molecule has 1 aliphatic rings. The van der Waals surface area contributed by atoms with Crippen LogP contribution in [0.1, 0.15) is 40.5 Å². The molecular formula is C19H18BrN5O. The number of aromatic nitrogens is 4. The molecule has 1 N–H and O–H groups in total. The first-order valence-corrected chi connectivity index (χ1v) is 9.20. The van der Waals surface area contributed by atoms with Crippen molar-refractivity contribution in [2.24, 2.45) is 0 Å². The van der Waals surface area contributed by atoms with Crippen LogP contribution in [0.4, 0.5) is 5.82 Å². The molecule has 0 fully saturated rings. The Balaban J connectivity index is 1.92. The number of nitrogens with zero attached hydrogens (tertiary/aromatic N) is 4. The number of nitrogens with one attached hydrogen (secondary N) is 1. The molecule has 3 aromatic rings. The lowest BCUT2D eigenvalue weighted by molar-refractivity contribution is -0.116. The number of hydrogen-bond acceptors (Lipinski definition) is 4. The van der Waals surface area contributed by atoms with E-state index in [4.69, 9.17) is 0 Å². The highest BCUT2D eigenvalue weighted by atomic mass is 79.9. The first-order valence-electron chi connectivity index (χ1n) is 8.40. The molecule has 0 spiro atoms. The molecular weight excluding hydrogens is 394 g/mol. The molecule has 1 aliphatic heterocycles. The van der Waals surface area contributed by atoms with E-state index in [9.17, 15) is 4.79 Å². The first kappa shape index (κ1) is 16.9. The topological polar surface area (TPSA) is 72.7 Å². The normalized spacial score (nSPS) is 16.3. The molecule has 1 atom stereocenters. The predicted molar refractivity (Wildman–Crippen MR) is 103 cm³/mol. The number of halogens is 1. The van der Waals surface area contributed by atoms with E-state index in [0.717, 1.165) is 32.7 Å². The fraction of sp³-hybridized carbons (Fsp3) is 0.263. The SMILES string of the molecule is Cc1cc(C)nc(-n2nc(C)c3c2NC(=O)C[C@H]3c2ccccc2Br)n1. The Kier molecular flexibility index (Phi) is 4.11. The summed E-state index contributed by atoms with van der Waals surface area (Å²) < 4.78 is 2.63. The first-order chi connectivity index (χ1) is 12.4. The average molecular weight is 412 g/mol. The monoisotopic (exact) mass is 411 g/mol. The van der Waals surface area contributed by atoms with Gasteiger partial charge in [-0.3, -0.25) is 4.79 Å². The summed E-state index contributed by atoms with van der Waals surface area (Å²) in [6.45, 7) is 5.80. The largest absolute Gasteiger partial charge is 0.310 e. The highest BCUT2D eigenvalue weighted by molar-refractivity contribution is 9.10. The van der Waals surface area contributed by atoms with Crippen molar-refractivity contribution in [2.45, 2.75) is 33.1 Å². The number of carbonyl (C=O) groups excluding carboxylic acids is 1. The van der Waals surface area contributed by atoms with Crippen LogP contribution in [0.2, 0.25) is 0 Å². The van der Waals surface area contributed by atoms with Crippen molar-refractivity contribution in [3.05, 3.63) is 63.0 Å². The third-order valence-corrected chi connectivity index (χ3v) is 5.27. The van der Waals surface area contributed by atoms with E-state index >= 15 is 0 Å². The molecule has 6 nitrogen and oxygen atoms in total. The number of benzene rings is 1. The second kappa shape index (κ2) is 6.32. The Morgan fingerprint density at radius 3 is 2.54 bits per heavy atom. The van der Waals surface area contributed by atoms with Crippen LogP contribution in [0, 0.1) is 20.8 Å². The van der Waals surface area contributed by atoms with Gasteiger partial charge in [-0.2, -0.15) is 9.78 Å². The summed E-state index contributed by atoms with van der Waals surface area (Å²) in [5, 5.41) is 7.62. The van der Waals surface area contributed by atoms with Crippen LogP contribution < -0.4 is 5.32 Å². The van der Waals surface area contributed by atoms with E-state index < -0.39 is 0 Å². The number of carbonyl (C=O) groups is 1. The molecule has 1 amide bonds. The van der Waals surface area contributed by atoms with Crippen molar-refractivity contribution in [1.29, 1.82) is 0 Å². The number of anilines is 1. The summed E-state index contributed by atoms with van der Waals surface area (Å²) in [5.41, 5.74) is 4.67. The molecule has 26 heavy (non-hydrogen) atoms. The Hall–Kier alpha value is -2.54. The number of aryl methyl sites for hydroxylation is 3. The zero-order chi connectivity index (χ0) is 18.4. The molecule has 0 saturated carbocycles. The quantitative estimate of drug-likeness (QED) is 0.695. The fourth-order valence-electron chi connectivity index (χ4n) is 3.52. The Labute approximate surface area is 159 Å². The molecule has 1 aromatic carbocycles. The molecule has 3 heterocycles. The summed E-state index contributed by atoms with van der Waals surface area (Å²) in [5.74, 6) is 1.03. The second-order valence-electron chi connectivity index (χ2n) is 6.54. The van der Waals surface area contributed by atoms with Crippen molar-refractivity contribution in [3.8, 4) is 5.95 Å². The molecule has 2 aromatic heterocycles. The lowest BCUT2D eigenvalue weighted by atomic mass is 9.86. The van der Waals surface area contributed by atoms with Crippen LogP contribution in [0.5, 0.6) is 0 Å². The predicted octanol–water partition coefficient (Wildman–Crippen LogP) is 3.82. The fourth-order valence-corrected chi connectivity index (χ4v) is 4.08. The van der Waals surface area contributed by atoms with Gasteiger partial charge >= 0.3 is 0 Å². The second-order valence-corrected chi connectivity index (χ2v) is 7.39. The minimum atomic E-state index is -0.0611. The number of rotatable bonds is 2. The smallest absolute Gasteiger partial charge is 0.252 e. The molecule has 132 valence electrons. The highest BCUT2D eigenvalue weighted by Gasteiger charge is 2.34. The average Bonchev–Trinajstić information content (AvgIpc) is 2.90. The standard InChI is InChI=1S/C19H18BrN5O/c1-10-8-11(2)22-19(21-10)25-18-17(12(3)24-25)14(9-16(26)23-18)13-6-4-5-7-15(13)20/h4-8,14H,9H2,1-3H3,(H,23,26)/t14-/m0/s1. The maximum atomic E-state index is 12.4. The van der Waals surface area contributed by atoms with Crippen molar-refractivity contribution >= 4 is 27.7 Å². The van der Waals surface area contributed by atoms with E-state index in [0.29, 0.717) is 18.2 Å². The summed E-state index contributed by atoms with van der Waals surface area (Å²) in [7, 11) is 0. The minimum absolute atomic E-state index is 0.0382. The lowest BCUT2D eigenvalue weighted by Crippen LogP contribution is -2.25. The molecule has 0 radical (unpaired) electrons. The van der Waals surface area contributed by atoms with Crippen LogP contribution in [-0.4, -0.2) is 25.7 Å². The lowest BCUT2D eigenvalue weighted by Gasteiger charge is -2.25. The molecule has 0 aliphatic carbocycles. The van der Waals surface area contributed by atoms with E-state index in [-0.39, 0.29) is 11.8 Å². The van der Waals surface area contributed by atoms with Crippen molar-refractivity contribution < 1.29 is 4.79 Å². The minimum Gasteiger partial charge on any atom is -0.310 e. The number of amides is 1. The maximum absolute atomic E-state index is 12.4. The van der Waals surface area contributed by atoms with Gasteiger partial charge < -0.3 is 5.32 Å². The molecule has 7 heteroatoms. The van der Waals surface area contributed by atoms with Gasteiger partial charge in [-0.1, -0.05) is 34.1 Å². The summed E-state index contributed by atoms with van der Waals surface area (Å²) >= 11 is 3.62. The van der Waals surface area contributed by atoms with E-state index in [1.54, 1.807) is 4.68 Å². The Morgan fingerprint density at radius 1 is 1.15 bits per heavy atom. The number of fused-ring (bicyclic) bond motifs is 1. The molecule has 4 rings (SSSR count). The van der Waals surface area contributed by atoms with Crippen LogP contribution in [0.15, 0.2) is 34.8 Å². The summed E-state index contributed by atoms with van der Waals surface area (Å²) in [6, 6.07) is 9.90. The molecule has 0 saturated heterocycles. The third-order valence-electron chi connectivity index (χ3n) is 4.54. The van der Waals surface area contributed by atoms with Crippen molar-refractivity contribution in [3.63, 3.8) is 0 Å². The third kappa shape index (κ3) is 2.82. The van der Waals surface area contributed by atoms with Crippen LogP contribution >= 0.6 is 15.9 Å². The van der Waals surface area contributed by atoms with E-state index in [1.165, 1.54) is 0 Å². The van der Waals surface area contributed by atoms with Crippen LogP contribution in [0.3, 0.4) is 0 Å². The highest BCUT2D eigenvalue weighted by Crippen LogP contribution is 2.42. The Morgan fingerprint density at radius 2 is 1.85 bits per heavy atom. The van der Waals surface area contributed by atoms with Gasteiger partial charge in [0.15, 0.2) is 0 Å². The van der Waals surface area contributed by atoms with Gasteiger partial charge in [0.05, 0.1) is 5.69 Å². The zero-order valence-electron chi connectivity index (χ0n) is 14.7. The van der Waals surface area contributed by atoms with Gasteiger partial charge in [-0.15, -0.1) is 0 Å².